The topological polar surface area (TPSA) is 60.2 Å². The molecule has 3 rings (SSSR count). The first kappa shape index (κ1) is 11.2. The van der Waals surface area contributed by atoms with Crippen molar-refractivity contribution in [2.45, 2.75) is 38.1 Å². The maximum absolute atomic E-state index is 9.20. The number of nitrogens with zero attached hydrogens (tertiary/aromatic N) is 3. The molecule has 0 spiro atoms. The van der Waals surface area contributed by atoms with Crippen molar-refractivity contribution in [2.75, 3.05) is 19.8 Å². The Morgan fingerprint density at radius 1 is 1.24 bits per heavy atom. The Morgan fingerprint density at radius 3 is 2.82 bits per heavy atom. The molecule has 0 amide bonds. The van der Waals surface area contributed by atoms with Gasteiger partial charge in [0.2, 0.25) is 0 Å². The van der Waals surface area contributed by atoms with Crippen molar-refractivity contribution in [2.24, 2.45) is 5.92 Å². The average Bonchev–Trinajstić information content (AvgIpc) is 2.82. The maximum Gasteiger partial charge on any atom is 0.136 e. The lowest BCUT2D eigenvalue weighted by molar-refractivity contribution is 0.0823. The van der Waals surface area contributed by atoms with Gasteiger partial charge in [-0.25, -0.2) is 0 Å². The van der Waals surface area contributed by atoms with Crippen molar-refractivity contribution in [3.05, 3.63) is 11.6 Å². The van der Waals surface area contributed by atoms with Crippen LogP contribution in [0.1, 0.15) is 36.8 Å². The third kappa shape index (κ3) is 2.09. The number of hydrogen-bond acceptors (Lipinski definition) is 4. The van der Waals surface area contributed by atoms with Crippen molar-refractivity contribution in [1.29, 1.82) is 0 Å². The van der Waals surface area contributed by atoms with Gasteiger partial charge < -0.3 is 14.4 Å². The Hall–Kier alpha value is -0.940. The van der Waals surface area contributed by atoms with E-state index in [9.17, 15) is 5.11 Å². The van der Waals surface area contributed by atoms with Gasteiger partial charge in [-0.2, -0.15) is 0 Å². The lowest BCUT2D eigenvalue weighted by atomic mass is 9.96. The first-order valence-electron chi connectivity index (χ1n) is 6.49. The van der Waals surface area contributed by atoms with Crippen molar-refractivity contribution >= 4 is 0 Å². The summed E-state index contributed by atoms with van der Waals surface area (Å²) < 4.78 is 7.65. The quantitative estimate of drug-likeness (QED) is 0.823. The SMILES string of the molecule is OCC1CCn2c(nnc2C2CCOCC2)C1. The average molecular weight is 237 g/mol. The number of ether oxygens (including phenoxy) is 1. The van der Waals surface area contributed by atoms with Crippen LogP contribution in [0.25, 0.3) is 0 Å². The van der Waals surface area contributed by atoms with Crippen LogP contribution in [-0.4, -0.2) is 39.7 Å². The molecule has 1 aromatic heterocycles. The Labute approximate surface area is 101 Å². The van der Waals surface area contributed by atoms with E-state index in [1.54, 1.807) is 0 Å². The van der Waals surface area contributed by atoms with Gasteiger partial charge in [0.25, 0.3) is 0 Å². The highest BCUT2D eigenvalue weighted by Gasteiger charge is 2.27. The van der Waals surface area contributed by atoms with Gasteiger partial charge >= 0.3 is 0 Å². The van der Waals surface area contributed by atoms with E-state index < -0.39 is 0 Å². The molecule has 1 aromatic rings. The van der Waals surface area contributed by atoms with Crippen molar-refractivity contribution in [1.82, 2.24) is 14.8 Å². The monoisotopic (exact) mass is 237 g/mol. The van der Waals surface area contributed by atoms with Crippen LogP contribution in [0, 0.1) is 5.92 Å². The number of aliphatic hydroxyl groups excluding tert-OH is 1. The summed E-state index contributed by atoms with van der Waals surface area (Å²) in [5, 5.41) is 17.9. The van der Waals surface area contributed by atoms with E-state index in [1.807, 2.05) is 0 Å². The van der Waals surface area contributed by atoms with Gasteiger partial charge in [-0.1, -0.05) is 0 Å². The molecule has 2 aliphatic rings. The van der Waals surface area contributed by atoms with E-state index in [-0.39, 0.29) is 6.61 Å². The second-order valence-corrected chi connectivity index (χ2v) is 5.05. The van der Waals surface area contributed by atoms with Crippen LogP contribution in [0.4, 0.5) is 0 Å². The Balaban J connectivity index is 1.80. The molecule has 94 valence electrons. The molecule has 1 unspecified atom stereocenters. The molecule has 0 aromatic carbocycles. The number of aromatic nitrogens is 3. The van der Waals surface area contributed by atoms with E-state index in [0.29, 0.717) is 11.8 Å². The van der Waals surface area contributed by atoms with Crippen molar-refractivity contribution in [3.8, 4) is 0 Å². The zero-order chi connectivity index (χ0) is 11.7. The van der Waals surface area contributed by atoms with Crippen LogP contribution in [0.3, 0.4) is 0 Å². The van der Waals surface area contributed by atoms with Crippen LogP contribution in [0.2, 0.25) is 0 Å². The van der Waals surface area contributed by atoms with Gasteiger partial charge in [0.05, 0.1) is 0 Å². The first-order chi connectivity index (χ1) is 8.38. The Kier molecular flexibility index (Phi) is 3.11. The molecule has 1 N–H and O–H groups in total. The molecule has 1 atom stereocenters. The fraction of sp³-hybridized carbons (Fsp3) is 0.833. The number of hydrogen-bond donors (Lipinski definition) is 1. The standard InChI is InChI=1S/C12H19N3O2/c16-8-9-1-4-15-11(7-9)13-14-12(15)10-2-5-17-6-3-10/h9-10,16H,1-8H2. The first-order valence-corrected chi connectivity index (χ1v) is 6.49. The molecule has 1 fully saturated rings. The lowest BCUT2D eigenvalue weighted by Gasteiger charge is -2.26. The van der Waals surface area contributed by atoms with Crippen molar-refractivity contribution in [3.63, 3.8) is 0 Å². The molecule has 0 aliphatic carbocycles. The third-order valence-corrected chi connectivity index (χ3v) is 3.93. The van der Waals surface area contributed by atoms with E-state index in [4.69, 9.17) is 4.74 Å². The van der Waals surface area contributed by atoms with Crippen LogP contribution in [-0.2, 0) is 17.7 Å². The highest BCUT2D eigenvalue weighted by Crippen LogP contribution is 2.29. The fourth-order valence-corrected chi connectivity index (χ4v) is 2.83. The molecule has 17 heavy (non-hydrogen) atoms. The predicted octanol–water partition coefficient (Wildman–Crippen LogP) is 0.727. The third-order valence-electron chi connectivity index (χ3n) is 3.93. The summed E-state index contributed by atoms with van der Waals surface area (Å²) >= 11 is 0. The maximum atomic E-state index is 9.20. The van der Waals surface area contributed by atoms with Gasteiger partial charge in [0.1, 0.15) is 11.6 Å². The summed E-state index contributed by atoms with van der Waals surface area (Å²) in [5.41, 5.74) is 0. The summed E-state index contributed by atoms with van der Waals surface area (Å²) in [6.07, 6.45) is 4.02. The van der Waals surface area contributed by atoms with E-state index in [1.165, 1.54) is 0 Å². The second-order valence-electron chi connectivity index (χ2n) is 5.05. The van der Waals surface area contributed by atoms with Crippen LogP contribution >= 0.6 is 0 Å². The van der Waals surface area contributed by atoms with E-state index >= 15 is 0 Å². The minimum Gasteiger partial charge on any atom is -0.396 e. The molecule has 1 saturated heterocycles. The predicted molar refractivity (Wildman–Crippen MR) is 61.7 cm³/mol. The van der Waals surface area contributed by atoms with Gasteiger partial charge in [-0.05, 0) is 25.2 Å². The van der Waals surface area contributed by atoms with Crippen molar-refractivity contribution < 1.29 is 9.84 Å². The molecule has 0 bridgehead atoms. The number of aliphatic hydroxyl groups is 1. The molecule has 0 saturated carbocycles. The summed E-state index contributed by atoms with van der Waals surface area (Å²) in [6, 6.07) is 0. The molecular weight excluding hydrogens is 218 g/mol. The summed E-state index contributed by atoms with van der Waals surface area (Å²) in [6.45, 7) is 2.90. The van der Waals surface area contributed by atoms with Gasteiger partial charge in [0.15, 0.2) is 0 Å². The zero-order valence-electron chi connectivity index (χ0n) is 10.0. The Bertz CT molecular complexity index is 385. The Morgan fingerprint density at radius 2 is 2.06 bits per heavy atom. The molecule has 2 aliphatic heterocycles. The number of rotatable bonds is 2. The minimum atomic E-state index is 0.263. The lowest BCUT2D eigenvalue weighted by Crippen LogP contribution is -2.25. The van der Waals surface area contributed by atoms with Gasteiger partial charge in [-0.3, -0.25) is 0 Å². The smallest absolute Gasteiger partial charge is 0.136 e. The zero-order valence-corrected chi connectivity index (χ0v) is 10.0. The molecule has 5 nitrogen and oxygen atoms in total. The summed E-state index contributed by atoms with van der Waals surface area (Å²) in [4.78, 5) is 0. The van der Waals surface area contributed by atoms with Crippen LogP contribution < -0.4 is 0 Å². The normalized spacial score (nSPS) is 25.8. The summed E-state index contributed by atoms with van der Waals surface area (Å²) in [5.74, 6) is 3.07. The fourth-order valence-electron chi connectivity index (χ4n) is 2.83. The van der Waals surface area contributed by atoms with Crippen LogP contribution in [0.5, 0.6) is 0 Å². The molecule has 3 heterocycles. The highest BCUT2D eigenvalue weighted by molar-refractivity contribution is 5.06. The summed E-state index contributed by atoms with van der Waals surface area (Å²) in [7, 11) is 0. The van der Waals surface area contributed by atoms with Gasteiger partial charge in [0, 0.05) is 38.7 Å². The van der Waals surface area contributed by atoms with E-state index in [2.05, 4.69) is 14.8 Å². The minimum absolute atomic E-state index is 0.263. The van der Waals surface area contributed by atoms with Crippen LogP contribution in [0.15, 0.2) is 0 Å². The second kappa shape index (κ2) is 4.74. The van der Waals surface area contributed by atoms with Gasteiger partial charge in [-0.15, -0.1) is 10.2 Å². The molecule has 5 heteroatoms. The number of fused-ring (bicyclic) bond motifs is 1. The van der Waals surface area contributed by atoms with E-state index in [0.717, 1.165) is 57.1 Å². The highest BCUT2D eigenvalue weighted by atomic mass is 16.5. The largest absolute Gasteiger partial charge is 0.396 e. The molecule has 0 radical (unpaired) electrons. The molecular formula is C12H19N3O2.